The summed E-state index contributed by atoms with van der Waals surface area (Å²) >= 11 is 0. The maximum atomic E-state index is 14.4. The highest BCUT2D eigenvalue weighted by Gasteiger charge is 2.16. The van der Waals surface area contributed by atoms with E-state index in [0.29, 0.717) is 35.1 Å². The lowest BCUT2D eigenvalue weighted by Gasteiger charge is -2.15. The van der Waals surface area contributed by atoms with Gasteiger partial charge in [-0.1, -0.05) is 32.1 Å². The number of carbonyl (C=O) groups excluding carboxylic acids is 1. The third-order valence-electron chi connectivity index (χ3n) is 4.08. The van der Waals surface area contributed by atoms with Gasteiger partial charge in [0.05, 0.1) is 6.10 Å². The molecule has 2 nitrogen and oxygen atoms in total. The number of aliphatic hydroxyl groups is 1. The van der Waals surface area contributed by atoms with E-state index in [0.717, 1.165) is 5.56 Å². The fraction of sp³-hybridized carbons (Fsp3) is 0.318. The molecule has 0 saturated carbocycles. The summed E-state index contributed by atoms with van der Waals surface area (Å²) in [6.07, 6.45) is 1.64. The Bertz CT molecular complexity index is 778. The van der Waals surface area contributed by atoms with Gasteiger partial charge in [-0.3, -0.25) is 4.79 Å². The van der Waals surface area contributed by atoms with E-state index in [9.17, 15) is 14.3 Å². The van der Waals surface area contributed by atoms with Crippen LogP contribution < -0.4 is 0 Å². The summed E-state index contributed by atoms with van der Waals surface area (Å²) in [7, 11) is 0. The summed E-state index contributed by atoms with van der Waals surface area (Å²) in [4.78, 5) is 12.5. The van der Waals surface area contributed by atoms with Crippen LogP contribution in [0.25, 0.3) is 11.1 Å². The van der Waals surface area contributed by atoms with Gasteiger partial charge in [-0.2, -0.15) is 0 Å². The maximum Gasteiger partial charge on any atom is 0.163 e. The Labute approximate surface area is 149 Å². The molecule has 0 fully saturated rings. The van der Waals surface area contributed by atoms with E-state index >= 15 is 0 Å². The number of rotatable bonds is 7. The van der Waals surface area contributed by atoms with Gasteiger partial charge in [0.1, 0.15) is 5.82 Å². The summed E-state index contributed by atoms with van der Waals surface area (Å²) in [6, 6.07) is 10.2. The minimum atomic E-state index is -0.767. The van der Waals surface area contributed by atoms with Crippen LogP contribution in [0.2, 0.25) is 0 Å². The predicted molar refractivity (Wildman–Crippen MR) is 100 cm³/mol. The van der Waals surface area contributed by atoms with Crippen molar-refractivity contribution in [1.82, 2.24) is 0 Å². The second kappa shape index (κ2) is 8.21. The van der Waals surface area contributed by atoms with Crippen LogP contribution in [0.1, 0.15) is 54.3 Å². The monoisotopic (exact) mass is 340 g/mol. The fourth-order valence-corrected chi connectivity index (χ4v) is 2.80. The Hall–Kier alpha value is -2.26. The maximum absolute atomic E-state index is 14.4. The Morgan fingerprint density at radius 3 is 2.56 bits per heavy atom. The standard InChI is InChI=1S/C22H25FO2/c1-5-6-21(24)17-11-16(19-8-7-15(4)10-20(19)23)12-18(13-17)22(25)9-14(2)3/h5,7-8,10-14,21,24H,1,6,9H2,2-4H3. The van der Waals surface area contributed by atoms with E-state index in [1.807, 2.05) is 26.8 Å². The summed E-state index contributed by atoms with van der Waals surface area (Å²) in [5, 5.41) is 10.3. The summed E-state index contributed by atoms with van der Waals surface area (Å²) in [5.41, 5.74) is 2.97. The zero-order chi connectivity index (χ0) is 18.6. The van der Waals surface area contributed by atoms with Crippen molar-refractivity contribution in [3.8, 4) is 11.1 Å². The SMILES string of the molecule is C=CCC(O)c1cc(C(=O)CC(C)C)cc(-c2ccc(C)cc2F)c1. The Kier molecular flexibility index (Phi) is 6.27. The third-order valence-corrected chi connectivity index (χ3v) is 4.08. The van der Waals surface area contributed by atoms with Crippen molar-refractivity contribution in [2.45, 2.75) is 39.7 Å². The quantitative estimate of drug-likeness (QED) is 0.523. The van der Waals surface area contributed by atoms with E-state index in [-0.39, 0.29) is 17.5 Å². The molecule has 1 unspecified atom stereocenters. The van der Waals surface area contributed by atoms with Gasteiger partial charge < -0.3 is 5.11 Å². The third kappa shape index (κ3) is 4.86. The van der Waals surface area contributed by atoms with Gasteiger partial charge >= 0.3 is 0 Å². The zero-order valence-electron chi connectivity index (χ0n) is 15.1. The number of hydrogen-bond acceptors (Lipinski definition) is 2. The number of ketones is 1. The zero-order valence-corrected chi connectivity index (χ0v) is 15.1. The average molecular weight is 340 g/mol. The molecule has 0 saturated heterocycles. The fourth-order valence-electron chi connectivity index (χ4n) is 2.80. The van der Waals surface area contributed by atoms with Gasteiger partial charge in [-0.15, -0.1) is 6.58 Å². The summed E-state index contributed by atoms with van der Waals surface area (Å²) in [5.74, 6) is -0.108. The summed E-state index contributed by atoms with van der Waals surface area (Å²) in [6.45, 7) is 9.43. The van der Waals surface area contributed by atoms with Gasteiger partial charge in [0.15, 0.2) is 5.78 Å². The molecule has 0 radical (unpaired) electrons. The predicted octanol–water partition coefficient (Wildman–Crippen LogP) is 5.64. The highest BCUT2D eigenvalue weighted by atomic mass is 19.1. The topological polar surface area (TPSA) is 37.3 Å². The molecule has 2 aromatic rings. The second-order valence-electron chi connectivity index (χ2n) is 6.89. The number of carbonyl (C=O) groups is 1. The number of hydrogen-bond donors (Lipinski definition) is 1. The first-order chi connectivity index (χ1) is 11.8. The molecule has 0 aliphatic carbocycles. The highest BCUT2D eigenvalue weighted by Crippen LogP contribution is 2.30. The Morgan fingerprint density at radius 2 is 1.96 bits per heavy atom. The van der Waals surface area contributed by atoms with Crippen LogP contribution in [0.4, 0.5) is 4.39 Å². The lowest BCUT2D eigenvalue weighted by Crippen LogP contribution is -2.06. The van der Waals surface area contributed by atoms with Crippen LogP contribution in [0.15, 0.2) is 49.1 Å². The van der Waals surface area contributed by atoms with E-state index < -0.39 is 6.10 Å². The van der Waals surface area contributed by atoms with Crippen molar-refractivity contribution in [2.75, 3.05) is 0 Å². The molecule has 0 aliphatic heterocycles. The molecule has 132 valence electrons. The molecule has 2 rings (SSSR count). The number of Topliss-reactive ketones (excluding diaryl/α,β-unsaturated/α-hetero) is 1. The largest absolute Gasteiger partial charge is 0.388 e. The molecule has 1 N–H and O–H groups in total. The first-order valence-electron chi connectivity index (χ1n) is 8.55. The van der Waals surface area contributed by atoms with Crippen LogP contribution in [0, 0.1) is 18.7 Å². The van der Waals surface area contributed by atoms with Crippen LogP contribution >= 0.6 is 0 Å². The van der Waals surface area contributed by atoms with Crippen molar-refractivity contribution in [3.63, 3.8) is 0 Å². The van der Waals surface area contributed by atoms with Crippen molar-refractivity contribution in [2.24, 2.45) is 5.92 Å². The summed E-state index contributed by atoms with van der Waals surface area (Å²) < 4.78 is 14.4. The van der Waals surface area contributed by atoms with Crippen molar-refractivity contribution >= 4 is 5.78 Å². The van der Waals surface area contributed by atoms with Gasteiger partial charge in [-0.05, 0) is 60.2 Å². The normalized spacial score (nSPS) is 12.2. The number of benzene rings is 2. The molecule has 0 aliphatic rings. The van der Waals surface area contributed by atoms with E-state index in [4.69, 9.17) is 0 Å². The lowest BCUT2D eigenvalue weighted by atomic mass is 9.92. The smallest absolute Gasteiger partial charge is 0.163 e. The first-order valence-corrected chi connectivity index (χ1v) is 8.55. The van der Waals surface area contributed by atoms with Crippen molar-refractivity contribution < 1.29 is 14.3 Å². The van der Waals surface area contributed by atoms with Gasteiger partial charge in [0.2, 0.25) is 0 Å². The van der Waals surface area contributed by atoms with Gasteiger partial charge in [0, 0.05) is 17.5 Å². The molecule has 3 heteroatoms. The highest BCUT2D eigenvalue weighted by molar-refractivity contribution is 5.97. The molecule has 0 amide bonds. The lowest BCUT2D eigenvalue weighted by molar-refractivity contribution is 0.0967. The Morgan fingerprint density at radius 1 is 1.24 bits per heavy atom. The van der Waals surface area contributed by atoms with Crippen LogP contribution in [0.3, 0.4) is 0 Å². The average Bonchev–Trinajstić information content (AvgIpc) is 2.54. The molecule has 0 bridgehead atoms. The molecule has 25 heavy (non-hydrogen) atoms. The first kappa shape index (κ1) is 19.1. The number of aryl methyl sites for hydroxylation is 1. The van der Waals surface area contributed by atoms with Crippen molar-refractivity contribution in [3.05, 3.63) is 71.6 Å². The molecule has 0 heterocycles. The number of halogens is 1. The van der Waals surface area contributed by atoms with Crippen LogP contribution in [-0.4, -0.2) is 10.9 Å². The molecule has 1 atom stereocenters. The van der Waals surface area contributed by atoms with Crippen LogP contribution in [-0.2, 0) is 0 Å². The molecule has 0 spiro atoms. The molecular formula is C22H25FO2. The van der Waals surface area contributed by atoms with E-state index in [2.05, 4.69) is 6.58 Å². The molecule has 0 aromatic heterocycles. The van der Waals surface area contributed by atoms with Crippen LogP contribution in [0.5, 0.6) is 0 Å². The molecular weight excluding hydrogens is 315 g/mol. The number of aliphatic hydroxyl groups excluding tert-OH is 1. The van der Waals surface area contributed by atoms with E-state index in [1.165, 1.54) is 6.07 Å². The minimum Gasteiger partial charge on any atom is -0.388 e. The van der Waals surface area contributed by atoms with Gasteiger partial charge in [-0.25, -0.2) is 4.39 Å². The van der Waals surface area contributed by atoms with E-state index in [1.54, 1.807) is 30.3 Å². The second-order valence-corrected chi connectivity index (χ2v) is 6.89. The molecule has 2 aromatic carbocycles. The minimum absolute atomic E-state index is 0.00331. The van der Waals surface area contributed by atoms with Crippen molar-refractivity contribution in [1.29, 1.82) is 0 Å². The van der Waals surface area contributed by atoms with Gasteiger partial charge in [0.25, 0.3) is 0 Å². The Balaban J connectivity index is 2.56.